The Bertz CT molecular complexity index is 739. The van der Waals surface area contributed by atoms with Crippen LogP contribution in [0.15, 0.2) is 41.0 Å². The van der Waals surface area contributed by atoms with Crippen molar-refractivity contribution < 1.29 is 9.53 Å². The molecule has 25 heavy (non-hydrogen) atoms. The van der Waals surface area contributed by atoms with Crippen LogP contribution in [0.4, 0.5) is 11.5 Å². The minimum Gasteiger partial charge on any atom is -0.497 e. The molecule has 2 aromatic rings. The van der Waals surface area contributed by atoms with E-state index in [1.807, 2.05) is 56.9 Å². The van der Waals surface area contributed by atoms with E-state index in [0.29, 0.717) is 16.0 Å². The first-order chi connectivity index (χ1) is 11.8. The molecule has 0 radical (unpaired) electrons. The first-order valence-corrected chi connectivity index (χ1v) is 9.02. The lowest BCUT2D eigenvalue weighted by molar-refractivity contribution is 0.0643. The molecule has 0 fully saturated rings. The van der Waals surface area contributed by atoms with E-state index in [9.17, 15) is 4.79 Å². The van der Waals surface area contributed by atoms with Crippen LogP contribution in [0.1, 0.15) is 38.1 Å². The molecule has 0 bridgehead atoms. The van der Waals surface area contributed by atoms with Gasteiger partial charge in [-0.3, -0.25) is 4.79 Å². The Morgan fingerprint density at radius 2 is 1.84 bits per heavy atom. The van der Waals surface area contributed by atoms with Crippen molar-refractivity contribution in [3.8, 4) is 5.75 Å². The monoisotopic (exact) mass is 405 g/mol. The van der Waals surface area contributed by atoms with Gasteiger partial charge < -0.3 is 15.0 Å². The maximum absolute atomic E-state index is 12.9. The predicted molar refractivity (Wildman–Crippen MR) is 105 cm³/mol. The number of pyridine rings is 1. The fourth-order valence-corrected chi connectivity index (χ4v) is 3.19. The summed E-state index contributed by atoms with van der Waals surface area (Å²) < 4.78 is 5.84. The van der Waals surface area contributed by atoms with Gasteiger partial charge in [-0.1, -0.05) is 6.07 Å². The van der Waals surface area contributed by atoms with Crippen LogP contribution < -0.4 is 10.1 Å². The third-order valence-electron chi connectivity index (χ3n) is 3.73. The van der Waals surface area contributed by atoms with E-state index in [2.05, 4.69) is 26.2 Å². The minimum absolute atomic E-state index is 0.0122. The summed E-state index contributed by atoms with van der Waals surface area (Å²) in [6.45, 7) is 8.07. The van der Waals surface area contributed by atoms with Crippen molar-refractivity contribution in [1.29, 1.82) is 0 Å². The Balaban J connectivity index is 2.32. The second kappa shape index (κ2) is 8.34. The molecule has 1 aromatic carbocycles. The molecule has 0 aliphatic rings. The van der Waals surface area contributed by atoms with Gasteiger partial charge in [0.15, 0.2) is 0 Å². The molecule has 0 atom stereocenters. The van der Waals surface area contributed by atoms with Gasteiger partial charge in [0.2, 0.25) is 0 Å². The van der Waals surface area contributed by atoms with Crippen molar-refractivity contribution in [2.24, 2.45) is 0 Å². The highest BCUT2D eigenvalue weighted by Gasteiger charge is 2.22. The largest absolute Gasteiger partial charge is 0.497 e. The second-order valence-corrected chi connectivity index (χ2v) is 7.13. The van der Waals surface area contributed by atoms with Crippen LogP contribution in [0.3, 0.4) is 0 Å². The summed E-state index contributed by atoms with van der Waals surface area (Å²) in [5.41, 5.74) is 1.43. The number of nitrogens with one attached hydrogen (secondary N) is 1. The average Bonchev–Trinajstić information content (AvgIpc) is 2.53. The Labute approximate surface area is 157 Å². The normalized spacial score (nSPS) is 10.9. The van der Waals surface area contributed by atoms with E-state index in [4.69, 9.17) is 4.74 Å². The second-order valence-electron chi connectivity index (χ2n) is 6.32. The quantitative estimate of drug-likeness (QED) is 0.697. The molecule has 0 spiro atoms. The first kappa shape index (κ1) is 19.2. The van der Waals surface area contributed by atoms with Crippen molar-refractivity contribution >= 4 is 33.3 Å². The molecule has 0 aliphatic heterocycles. The lowest BCUT2D eigenvalue weighted by Crippen LogP contribution is -2.42. The summed E-state index contributed by atoms with van der Waals surface area (Å²) in [4.78, 5) is 19.2. The zero-order valence-corrected chi connectivity index (χ0v) is 16.8. The maximum atomic E-state index is 12.9. The van der Waals surface area contributed by atoms with E-state index < -0.39 is 0 Å². The molecule has 1 amide bonds. The fourth-order valence-electron chi connectivity index (χ4n) is 2.75. The zero-order chi connectivity index (χ0) is 18.6. The van der Waals surface area contributed by atoms with Gasteiger partial charge in [-0.15, -0.1) is 0 Å². The first-order valence-electron chi connectivity index (χ1n) is 8.23. The third kappa shape index (κ3) is 4.95. The molecule has 134 valence electrons. The number of amides is 1. The van der Waals surface area contributed by atoms with Crippen LogP contribution in [-0.2, 0) is 0 Å². The van der Waals surface area contributed by atoms with E-state index in [1.165, 1.54) is 0 Å². The molecule has 1 aromatic heterocycles. The highest BCUT2D eigenvalue weighted by Crippen LogP contribution is 2.24. The third-order valence-corrected chi connectivity index (χ3v) is 4.14. The summed E-state index contributed by atoms with van der Waals surface area (Å²) in [6.07, 6.45) is 0. The van der Waals surface area contributed by atoms with Crippen molar-refractivity contribution in [2.75, 3.05) is 12.4 Å². The van der Waals surface area contributed by atoms with Gasteiger partial charge in [-0.2, -0.15) is 0 Å². The summed E-state index contributed by atoms with van der Waals surface area (Å²) in [5, 5.41) is 3.22. The van der Waals surface area contributed by atoms with Gasteiger partial charge in [0, 0.05) is 29.4 Å². The summed E-state index contributed by atoms with van der Waals surface area (Å²) >= 11 is 3.40. The number of benzene rings is 1. The van der Waals surface area contributed by atoms with Gasteiger partial charge in [-0.05, 0) is 67.9 Å². The summed E-state index contributed by atoms with van der Waals surface area (Å²) in [7, 11) is 1.62. The topological polar surface area (TPSA) is 54.5 Å². The number of carbonyl (C=O) groups is 1. The number of hydrogen-bond donors (Lipinski definition) is 1. The number of anilines is 2. The summed E-state index contributed by atoms with van der Waals surface area (Å²) in [6, 6.07) is 11.3. The number of carbonyl (C=O) groups excluding carboxylic acids is 1. The predicted octanol–water partition coefficient (Wildman–Crippen LogP) is 4.86. The number of aromatic nitrogens is 1. The Morgan fingerprint density at radius 1 is 1.16 bits per heavy atom. The SMILES string of the molecule is COc1cccc(Nc2cc(C(=O)N(C(C)C)C(C)C)cc(Br)n2)c1. The maximum Gasteiger partial charge on any atom is 0.254 e. The molecular formula is C19H24BrN3O2. The molecule has 2 rings (SSSR count). The molecule has 0 aliphatic carbocycles. The standard InChI is InChI=1S/C19H24BrN3O2/c1-12(2)23(13(3)4)19(24)14-9-17(20)22-18(10-14)21-15-7-6-8-16(11-15)25-5/h6-13H,1-5H3,(H,21,22). The van der Waals surface area contributed by atoms with E-state index >= 15 is 0 Å². The van der Waals surface area contributed by atoms with E-state index in [-0.39, 0.29) is 18.0 Å². The van der Waals surface area contributed by atoms with Crippen LogP contribution in [0.25, 0.3) is 0 Å². The lowest BCUT2D eigenvalue weighted by atomic mass is 10.1. The minimum atomic E-state index is -0.0122. The number of rotatable bonds is 6. The van der Waals surface area contributed by atoms with Gasteiger partial charge in [0.1, 0.15) is 16.2 Å². The summed E-state index contributed by atoms with van der Waals surface area (Å²) in [5.74, 6) is 1.34. The van der Waals surface area contributed by atoms with E-state index in [0.717, 1.165) is 11.4 Å². The van der Waals surface area contributed by atoms with Crippen LogP contribution >= 0.6 is 15.9 Å². The highest BCUT2D eigenvalue weighted by molar-refractivity contribution is 9.10. The molecule has 6 heteroatoms. The van der Waals surface area contributed by atoms with Crippen molar-refractivity contribution in [3.63, 3.8) is 0 Å². The lowest BCUT2D eigenvalue weighted by Gasteiger charge is -2.31. The van der Waals surface area contributed by atoms with Gasteiger partial charge >= 0.3 is 0 Å². The van der Waals surface area contributed by atoms with Crippen LogP contribution in [0.5, 0.6) is 5.75 Å². The van der Waals surface area contributed by atoms with Gasteiger partial charge in [0.05, 0.1) is 7.11 Å². The fraction of sp³-hybridized carbons (Fsp3) is 0.368. The molecule has 5 nitrogen and oxygen atoms in total. The van der Waals surface area contributed by atoms with Crippen molar-refractivity contribution in [3.05, 3.63) is 46.6 Å². The Hall–Kier alpha value is -2.08. The number of nitrogens with zero attached hydrogens (tertiary/aromatic N) is 2. The van der Waals surface area contributed by atoms with Crippen LogP contribution in [0, 0.1) is 0 Å². The smallest absolute Gasteiger partial charge is 0.254 e. The number of hydrogen-bond acceptors (Lipinski definition) is 4. The number of halogens is 1. The number of ether oxygens (including phenoxy) is 1. The van der Waals surface area contributed by atoms with Crippen LogP contribution in [-0.4, -0.2) is 35.0 Å². The number of methoxy groups -OCH3 is 1. The van der Waals surface area contributed by atoms with Gasteiger partial charge in [0.25, 0.3) is 5.91 Å². The van der Waals surface area contributed by atoms with E-state index in [1.54, 1.807) is 19.2 Å². The molecular weight excluding hydrogens is 382 g/mol. The molecule has 0 saturated carbocycles. The Kier molecular flexibility index (Phi) is 6.42. The highest BCUT2D eigenvalue weighted by atomic mass is 79.9. The van der Waals surface area contributed by atoms with Crippen molar-refractivity contribution in [2.45, 2.75) is 39.8 Å². The van der Waals surface area contributed by atoms with Crippen molar-refractivity contribution in [1.82, 2.24) is 9.88 Å². The molecule has 1 heterocycles. The molecule has 0 unspecified atom stereocenters. The van der Waals surface area contributed by atoms with Gasteiger partial charge in [-0.25, -0.2) is 4.98 Å². The Morgan fingerprint density at radius 3 is 2.44 bits per heavy atom. The molecule has 1 N–H and O–H groups in total. The zero-order valence-electron chi connectivity index (χ0n) is 15.2. The molecule has 0 saturated heterocycles. The van der Waals surface area contributed by atoms with Crippen LogP contribution in [0.2, 0.25) is 0 Å². The average molecular weight is 406 g/mol.